The Labute approximate surface area is 140 Å². The highest BCUT2D eigenvalue weighted by Gasteiger charge is 2.16. The van der Waals surface area contributed by atoms with Crippen LogP contribution in [0.1, 0.15) is 33.1 Å². The van der Waals surface area contributed by atoms with Crippen LogP contribution >= 0.6 is 0 Å². The fourth-order valence-corrected chi connectivity index (χ4v) is 2.71. The average Bonchev–Trinajstić information content (AvgIpc) is 2.93. The van der Waals surface area contributed by atoms with Gasteiger partial charge in [0.05, 0.1) is 18.5 Å². The van der Waals surface area contributed by atoms with Crippen LogP contribution in [0.15, 0.2) is 15.9 Å². The molecular weight excluding hydrogens is 312 g/mol. The second kappa shape index (κ2) is 7.31. The number of nitrogens with zero attached hydrogens (tertiary/aromatic N) is 4. The molecule has 0 aliphatic rings. The quantitative estimate of drug-likeness (QED) is 0.707. The number of hydrogen-bond acceptors (Lipinski definition) is 5. The summed E-state index contributed by atoms with van der Waals surface area (Å²) in [4.78, 5) is 29.3. The van der Waals surface area contributed by atoms with Gasteiger partial charge < -0.3 is 14.4 Å². The number of aromatic nitrogens is 4. The van der Waals surface area contributed by atoms with E-state index in [-0.39, 0.29) is 11.2 Å². The van der Waals surface area contributed by atoms with E-state index in [1.54, 1.807) is 38.9 Å². The summed E-state index contributed by atoms with van der Waals surface area (Å²) in [5.41, 5.74) is -0.637. The van der Waals surface area contributed by atoms with E-state index in [1.165, 1.54) is 9.13 Å². The Morgan fingerprint density at radius 3 is 2.58 bits per heavy atom. The lowest BCUT2D eigenvalue weighted by Gasteiger charge is -2.16. The van der Waals surface area contributed by atoms with E-state index >= 15 is 0 Å². The normalized spacial score (nSPS) is 12.2. The van der Waals surface area contributed by atoms with Crippen molar-refractivity contribution in [1.29, 1.82) is 0 Å². The third-order valence-electron chi connectivity index (χ3n) is 4.06. The fraction of sp³-hybridized carbons (Fsp3) is 0.688. The summed E-state index contributed by atoms with van der Waals surface area (Å²) in [6.45, 7) is 4.78. The van der Waals surface area contributed by atoms with Crippen LogP contribution in [-0.2, 0) is 24.9 Å². The van der Waals surface area contributed by atoms with Gasteiger partial charge in [-0.05, 0) is 33.1 Å². The Kier molecular flexibility index (Phi) is 5.61. The second-order valence-corrected chi connectivity index (χ2v) is 6.67. The number of methoxy groups -OCH3 is 1. The van der Waals surface area contributed by atoms with E-state index in [4.69, 9.17) is 4.74 Å². The van der Waals surface area contributed by atoms with Gasteiger partial charge in [0.15, 0.2) is 11.2 Å². The van der Waals surface area contributed by atoms with Crippen LogP contribution in [0.3, 0.4) is 0 Å². The topological polar surface area (TPSA) is 91.3 Å². The Morgan fingerprint density at radius 2 is 1.96 bits per heavy atom. The molecule has 2 aromatic heterocycles. The molecule has 24 heavy (non-hydrogen) atoms. The summed E-state index contributed by atoms with van der Waals surface area (Å²) in [5.74, 6) is 0. The second-order valence-electron chi connectivity index (χ2n) is 6.67. The molecule has 0 amide bonds. The first-order chi connectivity index (χ1) is 11.3. The molecule has 0 aromatic carbocycles. The van der Waals surface area contributed by atoms with Crippen molar-refractivity contribution in [3.05, 3.63) is 27.2 Å². The van der Waals surface area contributed by atoms with E-state index in [0.717, 1.165) is 6.42 Å². The zero-order valence-corrected chi connectivity index (χ0v) is 14.8. The van der Waals surface area contributed by atoms with Crippen LogP contribution in [0.5, 0.6) is 0 Å². The molecule has 8 nitrogen and oxygen atoms in total. The van der Waals surface area contributed by atoms with Crippen molar-refractivity contribution < 1.29 is 9.84 Å². The predicted molar refractivity (Wildman–Crippen MR) is 91.3 cm³/mol. The van der Waals surface area contributed by atoms with Gasteiger partial charge in [0.25, 0.3) is 5.56 Å². The number of hydrogen-bond donors (Lipinski definition) is 1. The number of aryl methyl sites for hydroxylation is 1. The molecule has 0 unspecified atom stereocenters. The summed E-state index contributed by atoms with van der Waals surface area (Å²) in [7, 11) is 3.21. The van der Waals surface area contributed by atoms with Gasteiger partial charge in [-0.3, -0.25) is 13.9 Å². The van der Waals surface area contributed by atoms with Gasteiger partial charge >= 0.3 is 5.69 Å². The highest BCUT2D eigenvalue weighted by molar-refractivity contribution is 5.69. The van der Waals surface area contributed by atoms with Crippen LogP contribution in [0.4, 0.5) is 0 Å². The maximum Gasteiger partial charge on any atom is 0.332 e. The molecule has 0 radical (unpaired) electrons. The van der Waals surface area contributed by atoms with Gasteiger partial charge in [-0.1, -0.05) is 0 Å². The summed E-state index contributed by atoms with van der Waals surface area (Å²) >= 11 is 0. The van der Waals surface area contributed by atoms with E-state index in [1.807, 2.05) is 0 Å². The fourth-order valence-electron chi connectivity index (χ4n) is 2.71. The minimum atomic E-state index is -0.737. The van der Waals surface area contributed by atoms with Crippen LogP contribution in [0.2, 0.25) is 0 Å². The number of rotatable bonds is 8. The Hall–Kier alpha value is -1.93. The third-order valence-corrected chi connectivity index (χ3v) is 4.06. The molecule has 134 valence electrons. The predicted octanol–water partition coefficient (Wildman–Crippen LogP) is 0.484. The molecule has 8 heteroatoms. The SMILES string of the molecule is COCCn1cnc2c1c(=O)n(CCCCC(C)(C)O)c(=O)n2C. The molecule has 0 aliphatic carbocycles. The first-order valence-electron chi connectivity index (χ1n) is 8.12. The van der Waals surface area contributed by atoms with Crippen LogP contribution < -0.4 is 11.2 Å². The molecule has 1 N–H and O–H groups in total. The number of fused-ring (bicyclic) bond motifs is 1. The first-order valence-corrected chi connectivity index (χ1v) is 8.12. The van der Waals surface area contributed by atoms with Crippen molar-refractivity contribution in [3.8, 4) is 0 Å². The maximum atomic E-state index is 12.7. The van der Waals surface area contributed by atoms with Crippen molar-refractivity contribution in [3.63, 3.8) is 0 Å². The molecule has 0 atom stereocenters. The summed E-state index contributed by atoms with van der Waals surface area (Å²) in [6.07, 6.45) is 3.57. The average molecular weight is 338 g/mol. The van der Waals surface area contributed by atoms with Crippen molar-refractivity contribution in [1.82, 2.24) is 18.7 Å². The van der Waals surface area contributed by atoms with Crippen molar-refractivity contribution in [2.45, 2.75) is 51.8 Å². The van der Waals surface area contributed by atoms with Gasteiger partial charge in [0, 0.05) is 27.2 Å². The molecule has 0 fully saturated rings. The Morgan fingerprint density at radius 1 is 1.25 bits per heavy atom. The minimum Gasteiger partial charge on any atom is -0.390 e. The van der Waals surface area contributed by atoms with E-state index in [0.29, 0.717) is 43.7 Å². The van der Waals surface area contributed by atoms with Crippen LogP contribution in [0.25, 0.3) is 11.2 Å². The number of imidazole rings is 1. The number of ether oxygens (including phenoxy) is 1. The molecule has 0 spiro atoms. The monoisotopic (exact) mass is 338 g/mol. The molecule has 0 aliphatic heterocycles. The van der Waals surface area contributed by atoms with Gasteiger partial charge in [0.1, 0.15) is 0 Å². The lowest BCUT2D eigenvalue weighted by atomic mass is 10.0. The number of aliphatic hydroxyl groups is 1. The van der Waals surface area contributed by atoms with Crippen LogP contribution in [0, 0.1) is 0 Å². The first kappa shape index (κ1) is 18.4. The maximum absolute atomic E-state index is 12.7. The molecule has 0 saturated carbocycles. The third kappa shape index (κ3) is 3.93. The Balaban J connectivity index is 2.32. The van der Waals surface area contributed by atoms with Crippen LogP contribution in [-0.4, -0.2) is 43.1 Å². The number of unbranched alkanes of at least 4 members (excludes halogenated alkanes) is 1. The lowest BCUT2D eigenvalue weighted by Crippen LogP contribution is -2.39. The summed E-state index contributed by atoms with van der Waals surface area (Å²) < 4.78 is 9.41. The van der Waals surface area contributed by atoms with E-state index in [9.17, 15) is 14.7 Å². The standard InChI is InChI=1S/C16H26N4O4/c1-16(2,23)7-5-6-8-20-14(21)12-13(18(3)15(20)22)17-11-19(12)9-10-24-4/h11,23H,5-10H2,1-4H3. The highest BCUT2D eigenvalue weighted by Crippen LogP contribution is 2.12. The van der Waals surface area contributed by atoms with Gasteiger partial charge in [-0.2, -0.15) is 0 Å². The van der Waals surface area contributed by atoms with Gasteiger partial charge in [-0.25, -0.2) is 9.78 Å². The van der Waals surface area contributed by atoms with E-state index in [2.05, 4.69) is 4.98 Å². The molecular formula is C16H26N4O4. The molecule has 2 aromatic rings. The van der Waals surface area contributed by atoms with Gasteiger partial charge in [-0.15, -0.1) is 0 Å². The molecule has 2 heterocycles. The minimum absolute atomic E-state index is 0.326. The van der Waals surface area contributed by atoms with Crippen molar-refractivity contribution in [2.24, 2.45) is 7.05 Å². The zero-order chi connectivity index (χ0) is 17.9. The summed E-state index contributed by atoms with van der Waals surface area (Å²) in [6, 6.07) is 0. The van der Waals surface area contributed by atoms with Gasteiger partial charge in [0.2, 0.25) is 0 Å². The zero-order valence-electron chi connectivity index (χ0n) is 14.8. The smallest absolute Gasteiger partial charge is 0.332 e. The highest BCUT2D eigenvalue weighted by atomic mass is 16.5. The van der Waals surface area contributed by atoms with E-state index < -0.39 is 5.60 Å². The van der Waals surface area contributed by atoms with Crippen molar-refractivity contribution >= 4 is 11.2 Å². The molecule has 2 rings (SSSR count). The van der Waals surface area contributed by atoms with Crippen molar-refractivity contribution in [2.75, 3.05) is 13.7 Å². The molecule has 0 bridgehead atoms. The Bertz CT molecular complexity index is 810. The molecule has 0 saturated heterocycles. The lowest BCUT2D eigenvalue weighted by molar-refractivity contribution is 0.0678. The summed E-state index contributed by atoms with van der Waals surface area (Å²) in [5, 5.41) is 9.74. The largest absolute Gasteiger partial charge is 0.390 e.